The van der Waals surface area contributed by atoms with Crippen LogP contribution in [-0.2, 0) is 13.6 Å². The lowest BCUT2D eigenvalue weighted by Gasteiger charge is -2.15. The summed E-state index contributed by atoms with van der Waals surface area (Å²) in [6.07, 6.45) is 9.43. The quantitative estimate of drug-likeness (QED) is 0.333. The van der Waals surface area contributed by atoms with Gasteiger partial charge in [0.2, 0.25) is 5.88 Å². The molecular formula is C27H28N8O. The van der Waals surface area contributed by atoms with E-state index in [1.807, 2.05) is 49.5 Å². The fraction of sp³-hybridized carbons (Fsp3) is 0.333. The van der Waals surface area contributed by atoms with E-state index in [2.05, 4.69) is 49.3 Å². The van der Waals surface area contributed by atoms with Gasteiger partial charge in [-0.15, -0.1) is 0 Å². The second-order valence-electron chi connectivity index (χ2n) is 9.67. The van der Waals surface area contributed by atoms with Gasteiger partial charge >= 0.3 is 0 Å². The van der Waals surface area contributed by atoms with Crippen molar-refractivity contribution in [1.82, 2.24) is 39.3 Å². The van der Waals surface area contributed by atoms with Crippen LogP contribution in [0.25, 0.3) is 33.8 Å². The van der Waals surface area contributed by atoms with Crippen LogP contribution in [0.5, 0.6) is 5.88 Å². The van der Waals surface area contributed by atoms with Crippen molar-refractivity contribution in [3.05, 3.63) is 66.1 Å². The van der Waals surface area contributed by atoms with Gasteiger partial charge in [-0.1, -0.05) is 24.3 Å². The minimum absolute atomic E-state index is 0.0161. The standard InChI is InChI=1S/C27H28N8O/c1-16(2)36-27-22(23(19-9-10-19)29-15-30-27)24-28-11-21-12-31-35(26(21)33-24)14-18-5-7-20(8-6-18)25-32-17(3)13-34(25)4/h5-8,11-13,15-16,19H,9-10,14H2,1-4H3. The van der Waals surface area contributed by atoms with E-state index < -0.39 is 0 Å². The Morgan fingerprint density at radius 2 is 1.83 bits per heavy atom. The molecule has 4 heterocycles. The predicted molar refractivity (Wildman–Crippen MR) is 137 cm³/mol. The zero-order valence-electron chi connectivity index (χ0n) is 20.9. The van der Waals surface area contributed by atoms with Crippen LogP contribution in [0.15, 0.2) is 49.2 Å². The van der Waals surface area contributed by atoms with Crippen molar-refractivity contribution in [3.8, 4) is 28.7 Å². The van der Waals surface area contributed by atoms with Crippen LogP contribution in [0.2, 0.25) is 0 Å². The van der Waals surface area contributed by atoms with E-state index in [-0.39, 0.29) is 6.10 Å². The summed E-state index contributed by atoms with van der Waals surface area (Å²) in [6.45, 7) is 6.57. The molecule has 0 amide bonds. The van der Waals surface area contributed by atoms with E-state index in [9.17, 15) is 0 Å². The number of benzene rings is 1. The van der Waals surface area contributed by atoms with Gasteiger partial charge in [0.1, 0.15) is 17.7 Å². The number of fused-ring (bicyclic) bond motifs is 1. The monoisotopic (exact) mass is 480 g/mol. The molecule has 1 aromatic carbocycles. The number of aryl methyl sites for hydroxylation is 2. The second kappa shape index (κ2) is 8.82. The Hall–Kier alpha value is -4.14. The first kappa shape index (κ1) is 22.3. The topological polar surface area (TPSA) is 96.4 Å². The Labute approximate surface area is 209 Å². The Morgan fingerprint density at radius 3 is 2.53 bits per heavy atom. The average Bonchev–Trinajstić information content (AvgIpc) is 3.55. The van der Waals surface area contributed by atoms with Gasteiger partial charge in [-0.05, 0) is 39.2 Å². The van der Waals surface area contributed by atoms with Crippen LogP contribution in [0.3, 0.4) is 0 Å². The maximum Gasteiger partial charge on any atom is 0.228 e. The second-order valence-corrected chi connectivity index (χ2v) is 9.67. The lowest BCUT2D eigenvalue weighted by Crippen LogP contribution is -2.11. The van der Waals surface area contributed by atoms with E-state index in [0.29, 0.717) is 24.2 Å². The molecule has 0 aliphatic heterocycles. The number of aromatic nitrogens is 8. The number of imidazole rings is 1. The highest BCUT2D eigenvalue weighted by Crippen LogP contribution is 2.45. The number of rotatable bonds is 7. The van der Waals surface area contributed by atoms with Crippen LogP contribution >= 0.6 is 0 Å². The van der Waals surface area contributed by atoms with Crippen LogP contribution in [-0.4, -0.2) is 45.4 Å². The number of ether oxygens (including phenoxy) is 1. The summed E-state index contributed by atoms with van der Waals surface area (Å²) < 4.78 is 9.99. The first-order valence-electron chi connectivity index (χ1n) is 12.3. The van der Waals surface area contributed by atoms with E-state index in [0.717, 1.165) is 57.8 Å². The van der Waals surface area contributed by atoms with E-state index >= 15 is 0 Å². The van der Waals surface area contributed by atoms with Gasteiger partial charge in [-0.3, -0.25) is 0 Å². The maximum absolute atomic E-state index is 6.03. The van der Waals surface area contributed by atoms with Gasteiger partial charge in [0, 0.05) is 30.9 Å². The van der Waals surface area contributed by atoms with Crippen molar-refractivity contribution >= 4 is 11.0 Å². The molecule has 0 saturated heterocycles. The van der Waals surface area contributed by atoms with Crippen LogP contribution in [0.1, 0.15) is 49.6 Å². The van der Waals surface area contributed by atoms with Crippen molar-refractivity contribution in [2.45, 2.75) is 52.2 Å². The molecular weight excluding hydrogens is 452 g/mol. The van der Waals surface area contributed by atoms with E-state index in [4.69, 9.17) is 9.72 Å². The highest BCUT2D eigenvalue weighted by Gasteiger charge is 2.31. The molecule has 0 radical (unpaired) electrons. The Bertz CT molecular complexity index is 1550. The molecule has 6 rings (SSSR count). The Morgan fingerprint density at radius 1 is 1.03 bits per heavy atom. The smallest absolute Gasteiger partial charge is 0.228 e. The summed E-state index contributed by atoms with van der Waals surface area (Å²) in [4.78, 5) is 23.2. The lowest BCUT2D eigenvalue weighted by molar-refractivity contribution is 0.233. The normalized spacial score (nSPS) is 13.6. The summed E-state index contributed by atoms with van der Waals surface area (Å²) in [5, 5.41) is 5.48. The van der Waals surface area contributed by atoms with Crippen LogP contribution in [0.4, 0.5) is 0 Å². The molecule has 5 aromatic rings. The Kier molecular flexibility index (Phi) is 5.47. The van der Waals surface area contributed by atoms with E-state index in [1.54, 1.807) is 12.5 Å². The number of hydrogen-bond acceptors (Lipinski definition) is 7. The van der Waals surface area contributed by atoms with Gasteiger partial charge in [0.25, 0.3) is 0 Å². The third-order valence-electron chi connectivity index (χ3n) is 6.29. The summed E-state index contributed by atoms with van der Waals surface area (Å²) in [7, 11) is 2.01. The Balaban J connectivity index is 1.35. The molecule has 0 spiro atoms. The van der Waals surface area contributed by atoms with Crippen molar-refractivity contribution in [1.29, 1.82) is 0 Å². The number of hydrogen-bond donors (Lipinski definition) is 0. The van der Waals surface area contributed by atoms with Crippen molar-refractivity contribution in [2.24, 2.45) is 7.05 Å². The van der Waals surface area contributed by atoms with Crippen molar-refractivity contribution < 1.29 is 4.74 Å². The lowest BCUT2D eigenvalue weighted by atomic mass is 10.1. The van der Waals surface area contributed by atoms with Gasteiger partial charge in [-0.25, -0.2) is 29.6 Å². The molecule has 9 heteroatoms. The summed E-state index contributed by atoms with van der Waals surface area (Å²) in [5.74, 6) is 2.47. The molecule has 182 valence electrons. The molecule has 4 aromatic heterocycles. The molecule has 1 aliphatic carbocycles. The molecule has 1 fully saturated rings. The van der Waals surface area contributed by atoms with Crippen molar-refractivity contribution in [3.63, 3.8) is 0 Å². The third-order valence-corrected chi connectivity index (χ3v) is 6.29. The molecule has 9 nitrogen and oxygen atoms in total. The molecule has 0 bridgehead atoms. The SMILES string of the molecule is Cc1cn(C)c(-c2ccc(Cn3ncc4cnc(-c5c(OC(C)C)ncnc5C5CC5)nc43)cc2)n1. The summed E-state index contributed by atoms with van der Waals surface area (Å²) in [6, 6.07) is 8.42. The van der Waals surface area contributed by atoms with Gasteiger partial charge < -0.3 is 9.30 Å². The zero-order chi connectivity index (χ0) is 24.8. The average molecular weight is 481 g/mol. The van der Waals surface area contributed by atoms with Crippen molar-refractivity contribution in [2.75, 3.05) is 0 Å². The maximum atomic E-state index is 6.03. The highest BCUT2D eigenvalue weighted by atomic mass is 16.5. The first-order chi connectivity index (χ1) is 17.5. The summed E-state index contributed by atoms with van der Waals surface area (Å²) >= 11 is 0. The zero-order valence-corrected chi connectivity index (χ0v) is 20.9. The third kappa shape index (κ3) is 4.21. The molecule has 1 saturated carbocycles. The van der Waals surface area contributed by atoms with Gasteiger partial charge in [0.05, 0.1) is 35.6 Å². The molecule has 36 heavy (non-hydrogen) atoms. The van der Waals surface area contributed by atoms with Crippen LogP contribution < -0.4 is 4.74 Å². The van der Waals surface area contributed by atoms with Crippen LogP contribution in [0, 0.1) is 6.92 Å². The fourth-order valence-corrected chi connectivity index (χ4v) is 4.49. The molecule has 0 N–H and O–H groups in total. The van der Waals surface area contributed by atoms with Gasteiger partial charge in [0.15, 0.2) is 11.5 Å². The largest absolute Gasteiger partial charge is 0.474 e. The number of nitrogens with zero attached hydrogens (tertiary/aromatic N) is 8. The fourth-order valence-electron chi connectivity index (χ4n) is 4.49. The highest BCUT2D eigenvalue weighted by molar-refractivity contribution is 5.77. The molecule has 0 unspecified atom stereocenters. The first-order valence-corrected chi connectivity index (χ1v) is 12.3. The minimum atomic E-state index is -0.0161. The molecule has 0 atom stereocenters. The minimum Gasteiger partial charge on any atom is -0.474 e. The summed E-state index contributed by atoms with van der Waals surface area (Å²) in [5.41, 5.74) is 5.74. The van der Waals surface area contributed by atoms with Gasteiger partial charge in [-0.2, -0.15) is 5.10 Å². The van der Waals surface area contributed by atoms with E-state index in [1.165, 1.54) is 0 Å². The predicted octanol–water partition coefficient (Wildman–Crippen LogP) is 4.71. The molecule has 1 aliphatic rings.